The minimum atomic E-state index is 0.840. The number of nitrogens with one attached hydrogen (secondary N) is 1. The molecule has 94 valence electrons. The van der Waals surface area contributed by atoms with Gasteiger partial charge in [0.2, 0.25) is 0 Å². The molecule has 0 radical (unpaired) electrons. The normalized spacial score (nSPS) is 10.6. The van der Waals surface area contributed by atoms with Gasteiger partial charge in [0, 0.05) is 22.8 Å². The molecule has 0 spiro atoms. The lowest BCUT2D eigenvalue weighted by atomic mass is 10.1. The smallest absolute Gasteiger partial charge is 0.0723 e. The van der Waals surface area contributed by atoms with Gasteiger partial charge in [-0.1, -0.05) is 12.1 Å². The maximum Gasteiger partial charge on any atom is 0.0723 e. The number of aromatic nitrogens is 2. The summed E-state index contributed by atoms with van der Waals surface area (Å²) in [5.41, 5.74) is 7.43. The monoisotopic (exact) mass is 250 g/mol. The molecule has 19 heavy (non-hydrogen) atoms. The molecule has 3 rings (SSSR count). The lowest BCUT2D eigenvalue weighted by molar-refractivity contribution is 1.25. The molecule has 0 saturated heterocycles. The molecule has 0 aliphatic heterocycles. The summed E-state index contributed by atoms with van der Waals surface area (Å²) in [4.78, 5) is 8.86. The minimum Gasteiger partial charge on any atom is -0.324 e. The zero-order valence-electron chi connectivity index (χ0n) is 10.6. The molecule has 2 heterocycles. The molecule has 4 nitrogen and oxygen atoms in total. The van der Waals surface area contributed by atoms with Gasteiger partial charge in [-0.05, 0) is 37.3 Å². The summed E-state index contributed by atoms with van der Waals surface area (Å²) in [5.74, 6) is 5.42. The zero-order chi connectivity index (χ0) is 13.2. The molecule has 1 aromatic carbocycles. The zero-order valence-corrected chi connectivity index (χ0v) is 10.6. The van der Waals surface area contributed by atoms with Gasteiger partial charge >= 0.3 is 0 Å². The van der Waals surface area contributed by atoms with E-state index in [0.717, 1.165) is 33.5 Å². The first kappa shape index (κ1) is 11.6. The van der Waals surface area contributed by atoms with Crippen LogP contribution >= 0.6 is 0 Å². The summed E-state index contributed by atoms with van der Waals surface area (Å²) in [6.07, 6.45) is 1.74. The lowest BCUT2D eigenvalue weighted by Gasteiger charge is -2.05. The van der Waals surface area contributed by atoms with Gasteiger partial charge in [-0.15, -0.1) is 0 Å². The first-order valence-corrected chi connectivity index (χ1v) is 6.07. The molecule has 0 saturated carbocycles. The van der Waals surface area contributed by atoms with Crippen molar-refractivity contribution >= 4 is 16.6 Å². The third-order valence-electron chi connectivity index (χ3n) is 3.05. The second-order valence-corrected chi connectivity index (χ2v) is 4.43. The molecule has 0 aliphatic rings. The van der Waals surface area contributed by atoms with E-state index < -0.39 is 0 Å². The van der Waals surface area contributed by atoms with E-state index in [1.54, 1.807) is 6.20 Å². The number of benzene rings is 1. The van der Waals surface area contributed by atoms with Crippen molar-refractivity contribution in [2.75, 3.05) is 5.43 Å². The second kappa shape index (κ2) is 4.66. The Kier molecular flexibility index (Phi) is 2.85. The van der Waals surface area contributed by atoms with Crippen LogP contribution in [0.5, 0.6) is 0 Å². The van der Waals surface area contributed by atoms with Crippen molar-refractivity contribution in [1.29, 1.82) is 0 Å². The predicted octanol–water partition coefficient (Wildman–Crippen LogP) is 2.89. The third-order valence-corrected chi connectivity index (χ3v) is 3.05. The summed E-state index contributed by atoms with van der Waals surface area (Å²) >= 11 is 0. The molecule has 3 N–H and O–H groups in total. The quantitative estimate of drug-likeness (QED) is 0.542. The van der Waals surface area contributed by atoms with Crippen molar-refractivity contribution in [3.63, 3.8) is 0 Å². The summed E-state index contributed by atoms with van der Waals surface area (Å²) in [7, 11) is 0. The van der Waals surface area contributed by atoms with Gasteiger partial charge in [0.1, 0.15) is 0 Å². The van der Waals surface area contributed by atoms with Crippen LogP contribution in [0.1, 0.15) is 5.69 Å². The number of hydrogen-bond donors (Lipinski definition) is 2. The Labute approximate surface area is 111 Å². The van der Waals surface area contributed by atoms with Crippen molar-refractivity contribution in [3.8, 4) is 11.3 Å². The average molecular weight is 250 g/mol. The van der Waals surface area contributed by atoms with Gasteiger partial charge in [-0.2, -0.15) is 0 Å². The molecular weight excluding hydrogens is 236 g/mol. The molecule has 4 heteroatoms. The van der Waals surface area contributed by atoms with E-state index in [9.17, 15) is 0 Å². The van der Waals surface area contributed by atoms with E-state index in [1.165, 1.54) is 0 Å². The van der Waals surface area contributed by atoms with Gasteiger partial charge in [0.05, 0.1) is 16.9 Å². The molecule has 0 unspecified atom stereocenters. The van der Waals surface area contributed by atoms with Gasteiger partial charge in [-0.25, -0.2) is 0 Å². The van der Waals surface area contributed by atoms with Crippen molar-refractivity contribution < 1.29 is 0 Å². The molecule has 0 aliphatic carbocycles. The Hall–Kier alpha value is -2.46. The van der Waals surface area contributed by atoms with Crippen LogP contribution in [0.25, 0.3) is 22.2 Å². The van der Waals surface area contributed by atoms with E-state index >= 15 is 0 Å². The van der Waals surface area contributed by atoms with E-state index in [0.29, 0.717) is 0 Å². The highest BCUT2D eigenvalue weighted by molar-refractivity contribution is 5.84. The van der Waals surface area contributed by atoms with Crippen LogP contribution in [0, 0.1) is 6.92 Å². The number of anilines is 1. The Morgan fingerprint density at radius 3 is 2.79 bits per heavy atom. The van der Waals surface area contributed by atoms with Crippen LogP contribution in [0.2, 0.25) is 0 Å². The van der Waals surface area contributed by atoms with Crippen LogP contribution in [0.15, 0.2) is 48.7 Å². The number of pyridine rings is 2. The maximum atomic E-state index is 5.42. The number of fused-ring (bicyclic) bond motifs is 1. The Balaban J connectivity index is 2.12. The van der Waals surface area contributed by atoms with Crippen LogP contribution in [-0.4, -0.2) is 9.97 Å². The van der Waals surface area contributed by atoms with Gasteiger partial charge in [0.25, 0.3) is 0 Å². The molecule has 2 aromatic heterocycles. The SMILES string of the molecule is Cc1ccc2cc(-c3cc(NN)ccn3)ccc2n1. The van der Waals surface area contributed by atoms with Crippen LogP contribution < -0.4 is 11.3 Å². The summed E-state index contributed by atoms with van der Waals surface area (Å²) in [6.45, 7) is 1.99. The van der Waals surface area contributed by atoms with E-state index in [-0.39, 0.29) is 0 Å². The topological polar surface area (TPSA) is 63.8 Å². The number of nitrogens with zero attached hydrogens (tertiary/aromatic N) is 2. The molecule has 0 bridgehead atoms. The van der Waals surface area contributed by atoms with Crippen LogP contribution in [-0.2, 0) is 0 Å². The molecule has 0 fully saturated rings. The van der Waals surface area contributed by atoms with Crippen molar-refractivity contribution in [3.05, 3.63) is 54.4 Å². The fourth-order valence-electron chi connectivity index (χ4n) is 2.06. The highest BCUT2D eigenvalue weighted by Crippen LogP contribution is 2.23. The second-order valence-electron chi connectivity index (χ2n) is 4.43. The largest absolute Gasteiger partial charge is 0.324 e. The predicted molar refractivity (Wildman–Crippen MR) is 77.5 cm³/mol. The fourth-order valence-corrected chi connectivity index (χ4v) is 2.06. The maximum absolute atomic E-state index is 5.42. The number of hydrogen-bond acceptors (Lipinski definition) is 4. The average Bonchev–Trinajstić information content (AvgIpc) is 2.46. The fraction of sp³-hybridized carbons (Fsp3) is 0.0667. The standard InChI is InChI=1S/C15H14N4/c1-10-2-3-11-8-12(4-5-14(11)18-10)15-9-13(19-16)6-7-17-15/h2-9H,16H2,1H3,(H,17,19). The van der Waals surface area contributed by atoms with E-state index in [1.807, 2.05) is 37.3 Å². The summed E-state index contributed by atoms with van der Waals surface area (Å²) in [5, 5.41) is 1.11. The van der Waals surface area contributed by atoms with Crippen molar-refractivity contribution in [2.24, 2.45) is 5.84 Å². The van der Waals surface area contributed by atoms with Gasteiger partial charge in [-0.3, -0.25) is 15.8 Å². The Morgan fingerprint density at radius 2 is 1.95 bits per heavy atom. The minimum absolute atomic E-state index is 0.840. The first-order valence-electron chi connectivity index (χ1n) is 6.07. The molecule has 3 aromatic rings. The Bertz CT molecular complexity index is 737. The Morgan fingerprint density at radius 1 is 1.05 bits per heavy atom. The lowest BCUT2D eigenvalue weighted by Crippen LogP contribution is -2.06. The molecule has 0 amide bonds. The van der Waals surface area contributed by atoms with E-state index in [2.05, 4.69) is 27.5 Å². The number of rotatable bonds is 2. The molecule has 0 atom stereocenters. The van der Waals surface area contributed by atoms with Crippen LogP contribution in [0.3, 0.4) is 0 Å². The van der Waals surface area contributed by atoms with Gasteiger partial charge in [0.15, 0.2) is 0 Å². The summed E-state index contributed by atoms with van der Waals surface area (Å²) < 4.78 is 0. The van der Waals surface area contributed by atoms with Crippen molar-refractivity contribution in [1.82, 2.24) is 9.97 Å². The van der Waals surface area contributed by atoms with Crippen molar-refractivity contribution in [2.45, 2.75) is 6.92 Å². The van der Waals surface area contributed by atoms with Crippen LogP contribution in [0.4, 0.5) is 5.69 Å². The molecular formula is C15H14N4. The van der Waals surface area contributed by atoms with Gasteiger partial charge < -0.3 is 5.43 Å². The number of nitrogen functional groups attached to an aromatic ring is 1. The third kappa shape index (κ3) is 2.26. The number of hydrazine groups is 1. The number of aryl methyl sites for hydroxylation is 1. The highest BCUT2D eigenvalue weighted by atomic mass is 15.2. The first-order chi connectivity index (χ1) is 9.26. The highest BCUT2D eigenvalue weighted by Gasteiger charge is 2.03. The number of nitrogens with two attached hydrogens (primary N) is 1. The summed E-state index contributed by atoms with van der Waals surface area (Å²) in [6, 6.07) is 14.0. The van der Waals surface area contributed by atoms with E-state index in [4.69, 9.17) is 5.84 Å².